The van der Waals surface area contributed by atoms with Crippen LogP contribution in [0.2, 0.25) is 0 Å². The number of nitrogens with zero attached hydrogens (tertiary/aromatic N) is 3. The summed E-state index contributed by atoms with van der Waals surface area (Å²) in [6, 6.07) is 10.0. The number of ether oxygens (including phenoxy) is 1. The van der Waals surface area contributed by atoms with E-state index in [4.69, 9.17) is 4.74 Å². The Balaban J connectivity index is 1.82. The van der Waals surface area contributed by atoms with Crippen molar-refractivity contribution < 1.29 is 18.3 Å². The number of sulfone groups is 1. The van der Waals surface area contributed by atoms with E-state index in [1.54, 1.807) is 17.9 Å². The summed E-state index contributed by atoms with van der Waals surface area (Å²) in [4.78, 5) is 6.36. The van der Waals surface area contributed by atoms with Crippen LogP contribution in [-0.4, -0.2) is 60.6 Å². The molecule has 1 aromatic carbocycles. The normalized spacial score (nSPS) is 14.7. The van der Waals surface area contributed by atoms with Gasteiger partial charge in [0.1, 0.15) is 0 Å². The summed E-state index contributed by atoms with van der Waals surface area (Å²) in [5.74, 6) is 0.436. The second kappa shape index (κ2) is 9.65. The Morgan fingerprint density at radius 2 is 2.00 bits per heavy atom. The van der Waals surface area contributed by atoms with Gasteiger partial charge >= 0.3 is 0 Å². The predicted octanol–water partition coefficient (Wildman–Crippen LogP) is 1.71. The molecule has 0 atom stereocenters. The van der Waals surface area contributed by atoms with Crippen molar-refractivity contribution in [2.75, 3.05) is 32.6 Å². The van der Waals surface area contributed by atoms with E-state index in [1.165, 1.54) is 0 Å². The van der Waals surface area contributed by atoms with Crippen LogP contribution in [0.15, 0.2) is 41.7 Å². The van der Waals surface area contributed by atoms with Gasteiger partial charge in [0.25, 0.3) is 0 Å². The summed E-state index contributed by atoms with van der Waals surface area (Å²) in [5.41, 5.74) is 1.95. The molecule has 7 nitrogen and oxygen atoms in total. The topological polar surface area (TPSA) is 84.7 Å². The van der Waals surface area contributed by atoms with E-state index in [0.717, 1.165) is 24.1 Å². The first-order valence-corrected chi connectivity index (χ1v) is 11.3. The Kier molecular flexibility index (Phi) is 7.23. The third-order valence-corrected chi connectivity index (χ3v) is 6.69. The molecule has 0 spiro atoms. The van der Waals surface area contributed by atoms with E-state index in [0.29, 0.717) is 32.8 Å². The Morgan fingerprint density at radius 3 is 2.64 bits per heavy atom. The van der Waals surface area contributed by atoms with Gasteiger partial charge in [0.15, 0.2) is 0 Å². The standard InChI is InChI=1S/C20H29N3O4S/c1-27-12-10-23-19(13-21-20(23)28(25,26)16-18-7-8-18)15-22(9-11-24)14-17-5-3-2-4-6-17/h2-6,13,18,24H,7-12,14-16H2,1H3. The average molecular weight is 408 g/mol. The molecule has 1 fully saturated rings. The molecule has 1 aliphatic carbocycles. The highest BCUT2D eigenvalue weighted by molar-refractivity contribution is 7.91. The maximum atomic E-state index is 12.8. The number of hydrogen-bond acceptors (Lipinski definition) is 6. The first kappa shape index (κ1) is 21.0. The number of rotatable bonds is 12. The average Bonchev–Trinajstić information content (AvgIpc) is 3.38. The summed E-state index contributed by atoms with van der Waals surface area (Å²) in [6.45, 7) is 2.55. The minimum absolute atomic E-state index is 0.0336. The quantitative estimate of drug-likeness (QED) is 0.577. The van der Waals surface area contributed by atoms with Crippen LogP contribution in [0.1, 0.15) is 24.1 Å². The highest BCUT2D eigenvalue weighted by Crippen LogP contribution is 2.32. The van der Waals surface area contributed by atoms with Gasteiger partial charge in [0.2, 0.25) is 15.0 Å². The van der Waals surface area contributed by atoms with E-state index >= 15 is 0 Å². The third kappa shape index (κ3) is 5.64. The molecule has 0 saturated heterocycles. The Hall–Kier alpha value is -1.74. The fourth-order valence-corrected chi connectivity index (χ4v) is 5.14. The van der Waals surface area contributed by atoms with Crippen LogP contribution >= 0.6 is 0 Å². The molecule has 1 aromatic heterocycles. The van der Waals surface area contributed by atoms with Crippen molar-refractivity contribution in [3.05, 3.63) is 47.8 Å². The second-order valence-electron chi connectivity index (χ2n) is 7.32. The summed E-state index contributed by atoms with van der Waals surface area (Å²) in [6.07, 6.45) is 3.60. The van der Waals surface area contributed by atoms with Crippen molar-refractivity contribution in [3.8, 4) is 0 Å². The molecule has 0 unspecified atom stereocenters. The van der Waals surface area contributed by atoms with Crippen LogP contribution in [0.25, 0.3) is 0 Å². The number of imidazole rings is 1. The van der Waals surface area contributed by atoms with Gasteiger partial charge in [-0.3, -0.25) is 4.90 Å². The number of hydrogen-bond donors (Lipinski definition) is 1. The highest BCUT2D eigenvalue weighted by Gasteiger charge is 2.32. The largest absolute Gasteiger partial charge is 0.395 e. The lowest BCUT2D eigenvalue weighted by Gasteiger charge is -2.22. The number of benzene rings is 1. The van der Waals surface area contributed by atoms with Crippen LogP contribution in [0, 0.1) is 5.92 Å². The number of aliphatic hydroxyl groups is 1. The molecule has 0 bridgehead atoms. The number of aliphatic hydroxyl groups excluding tert-OH is 1. The van der Waals surface area contributed by atoms with Crippen LogP contribution in [0.4, 0.5) is 0 Å². The van der Waals surface area contributed by atoms with Gasteiger partial charge in [-0.1, -0.05) is 30.3 Å². The molecule has 154 valence electrons. The van der Waals surface area contributed by atoms with Crippen molar-refractivity contribution in [1.82, 2.24) is 14.5 Å². The van der Waals surface area contributed by atoms with Gasteiger partial charge in [-0.2, -0.15) is 0 Å². The highest BCUT2D eigenvalue weighted by atomic mass is 32.2. The molecule has 2 aromatic rings. The zero-order chi connectivity index (χ0) is 20.0. The Labute approximate surface area is 166 Å². The summed E-state index contributed by atoms with van der Waals surface area (Å²) >= 11 is 0. The minimum atomic E-state index is -3.42. The van der Waals surface area contributed by atoms with Crippen LogP contribution in [0.5, 0.6) is 0 Å². The molecule has 8 heteroatoms. The molecule has 1 N–H and O–H groups in total. The zero-order valence-corrected chi connectivity index (χ0v) is 17.1. The maximum Gasteiger partial charge on any atom is 0.227 e. The molecule has 1 saturated carbocycles. The van der Waals surface area contributed by atoms with Gasteiger partial charge in [0.05, 0.1) is 30.9 Å². The summed E-state index contributed by atoms with van der Waals surface area (Å²) in [7, 11) is -1.82. The van der Waals surface area contributed by atoms with Gasteiger partial charge < -0.3 is 14.4 Å². The number of methoxy groups -OCH3 is 1. The molecular formula is C20H29N3O4S. The molecule has 1 heterocycles. The molecular weight excluding hydrogens is 378 g/mol. The molecule has 1 aliphatic rings. The lowest BCUT2D eigenvalue weighted by Crippen LogP contribution is -2.28. The van der Waals surface area contributed by atoms with Crippen molar-refractivity contribution in [1.29, 1.82) is 0 Å². The zero-order valence-electron chi connectivity index (χ0n) is 16.3. The molecule has 0 radical (unpaired) electrons. The van der Waals surface area contributed by atoms with Gasteiger partial charge in [-0.15, -0.1) is 0 Å². The van der Waals surface area contributed by atoms with Crippen molar-refractivity contribution in [2.45, 2.75) is 37.6 Å². The predicted molar refractivity (Wildman–Crippen MR) is 107 cm³/mol. The molecule has 0 amide bonds. The smallest absolute Gasteiger partial charge is 0.227 e. The van der Waals surface area contributed by atoms with E-state index < -0.39 is 9.84 Å². The minimum Gasteiger partial charge on any atom is -0.395 e. The fraction of sp³-hybridized carbons (Fsp3) is 0.550. The third-order valence-electron chi connectivity index (χ3n) is 4.90. The Bertz CT molecular complexity index is 848. The lowest BCUT2D eigenvalue weighted by molar-refractivity contribution is 0.170. The first-order chi connectivity index (χ1) is 13.5. The number of aromatic nitrogens is 2. The van der Waals surface area contributed by atoms with E-state index in [1.807, 2.05) is 30.3 Å². The maximum absolute atomic E-state index is 12.8. The van der Waals surface area contributed by atoms with Crippen LogP contribution in [-0.2, 0) is 34.2 Å². The van der Waals surface area contributed by atoms with Crippen molar-refractivity contribution in [3.63, 3.8) is 0 Å². The van der Waals surface area contributed by atoms with Crippen LogP contribution < -0.4 is 0 Å². The summed E-state index contributed by atoms with van der Waals surface area (Å²) < 4.78 is 32.6. The lowest BCUT2D eigenvalue weighted by atomic mass is 10.2. The first-order valence-electron chi connectivity index (χ1n) is 9.66. The van der Waals surface area contributed by atoms with Crippen molar-refractivity contribution in [2.24, 2.45) is 5.92 Å². The molecule has 28 heavy (non-hydrogen) atoms. The van der Waals surface area contributed by atoms with Gasteiger partial charge in [-0.05, 0) is 24.3 Å². The van der Waals surface area contributed by atoms with E-state index in [-0.39, 0.29) is 23.4 Å². The molecule has 0 aliphatic heterocycles. The monoisotopic (exact) mass is 407 g/mol. The summed E-state index contributed by atoms with van der Waals surface area (Å²) in [5, 5.41) is 9.60. The van der Waals surface area contributed by atoms with Gasteiger partial charge in [0, 0.05) is 33.3 Å². The van der Waals surface area contributed by atoms with E-state index in [9.17, 15) is 13.5 Å². The SMILES string of the molecule is COCCn1c(CN(CCO)Cc2ccccc2)cnc1S(=O)(=O)CC1CC1. The second-order valence-corrected chi connectivity index (χ2v) is 9.25. The van der Waals surface area contributed by atoms with E-state index in [2.05, 4.69) is 9.88 Å². The fourth-order valence-electron chi connectivity index (χ4n) is 3.28. The van der Waals surface area contributed by atoms with Gasteiger partial charge in [-0.25, -0.2) is 13.4 Å². The van der Waals surface area contributed by atoms with Crippen molar-refractivity contribution >= 4 is 9.84 Å². The Morgan fingerprint density at radius 1 is 1.25 bits per heavy atom. The van der Waals surface area contributed by atoms with Crippen LogP contribution in [0.3, 0.4) is 0 Å². The molecule has 3 rings (SSSR count).